The van der Waals surface area contributed by atoms with E-state index in [0.717, 1.165) is 30.8 Å². The summed E-state index contributed by atoms with van der Waals surface area (Å²) in [4.78, 5) is 6.20. The van der Waals surface area contributed by atoms with Crippen molar-refractivity contribution in [3.8, 4) is 5.75 Å². The number of benzene rings is 1. The van der Waals surface area contributed by atoms with Gasteiger partial charge in [-0.1, -0.05) is 12.5 Å². The summed E-state index contributed by atoms with van der Waals surface area (Å²) in [5.41, 5.74) is 1.09. The highest BCUT2D eigenvalue weighted by Gasteiger charge is 2.44. The number of hydrogen-bond acceptors (Lipinski definition) is 5. The first-order valence-corrected chi connectivity index (χ1v) is 10.9. The van der Waals surface area contributed by atoms with E-state index >= 15 is 0 Å². The van der Waals surface area contributed by atoms with Gasteiger partial charge >= 0.3 is 0 Å². The van der Waals surface area contributed by atoms with Crippen LogP contribution in [0.4, 0.5) is 4.39 Å². The van der Waals surface area contributed by atoms with E-state index in [0.29, 0.717) is 30.4 Å². The summed E-state index contributed by atoms with van der Waals surface area (Å²) >= 11 is 0. The predicted molar refractivity (Wildman–Crippen MR) is 97.1 cm³/mol. The molecule has 1 aromatic heterocycles. The zero-order valence-corrected chi connectivity index (χ0v) is 15.7. The molecule has 0 radical (unpaired) electrons. The summed E-state index contributed by atoms with van der Waals surface area (Å²) in [6.07, 6.45) is 7.10. The Morgan fingerprint density at radius 3 is 2.70 bits per heavy atom. The molecule has 1 aromatic carbocycles. The average Bonchev–Trinajstić information content (AvgIpc) is 3.04. The Morgan fingerprint density at radius 1 is 1.11 bits per heavy atom. The molecule has 2 atom stereocenters. The number of pyridine rings is 1. The van der Waals surface area contributed by atoms with Gasteiger partial charge in [-0.15, -0.1) is 0 Å². The van der Waals surface area contributed by atoms with E-state index < -0.39 is 15.7 Å². The first-order valence-electron chi connectivity index (χ1n) is 9.42. The number of nitrogens with zero attached hydrogens (tertiary/aromatic N) is 2. The fourth-order valence-corrected chi connectivity index (χ4v) is 5.84. The highest BCUT2D eigenvalue weighted by molar-refractivity contribution is 7.91. The lowest BCUT2D eigenvalue weighted by molar-refractivity contribution is 0.0717. The number of hydrogen-bond donors (Lipinski definition) is 0. The molecule has 1 saturated heterocycles. The summed E-state index contributed by atoms with van der Waals surface area (Å²) in [7, 11) is -3.83. The number of rotatable bonds is 3. The predicted octanol–water partition coefficient (Wildman–Crippen LogP) is 3.16. The van der Waals surface area contributed by atoms with Crippen LogP contribution in [0.5, 0.6) is 5.75 Å². The largest absolute Gasteiger partial charge is 0.492 e. The molecule has 0 spiro atoms. The molecule has 0 bridgehead atoms. The normalized spacial score (nSPS) is 25.4. The van der Waals surface area contributed by atoms with Crippen LogP contribution in [0.25, 0.3) is 0 Å². The highest BCUT2D eigenvalue weighted by atomic mass is 32.2. The van der Waals surface area contributed by atoms with Gasteiger partial charge in [-0.25, -0.2) is 12.8 Å². The molecule has 7 heteroatoms. The second-order valence-corrected chi connectivity index (χ2v) is 9.59. The molecule has 2 aromatic rings. The van der Waals surface area contributed by atoms with Gasteiger partial charge in [-0.3, -0.25) is 9.88 Å². The van der Waals surface area contributed by atoms with Gasteiger partial charge < -0.3 is 4.74 Å². The van der Waals surface area contributed by atoms with Crippen LogP contribution in [0.2, 0.25) is 0 Å². The quantitative estimate of drug-likeness (QED) is 0.808. The Morgan fingerprint density at radius 2 is 1.96 bits per heavy atom. The van der Waals surface area contributed by atoms with Crippen molar-refractivity contribution < 1.29 is 17.5 Å². The van der Waals surface area contributed by atoms with Gasteiger partial charge in [0.2, 0.25) is 9.84 Å². The van der Waals surface area contributed by atoms with Gasteiger partial charge in [0.1, 0.15) is 18.2 Å². The fraction of sp³-hybridized carbons (Fsp3) is 0.450. The van der Waals surface area contributed by atoms with Crippen molar-refractivity contribution in [2.45, 2.75) is 53.5 Å². The third kappa shape index (κ3) is 2.75. The molecule has 2 unspecified atom stereocenters. The van der Waals surface area contributed by atoms with E-state index in [1.54, 1.807) is 12.1 Å². The average molecular weight is 388 g/mol. The first kappa shape index (κ1) is 17.1. The zero-order valence-electron chi connectivity index (χ0n) is 14.8. The molecule has 1 aliphatic carbocycles. The van der Waals surface area contributed by atoms with Crippen LogP contribution in [-0.2, 0) is 9.84 Å². The molecule has 2 fully saturated rings. The minimum atomic E-state index is -3.83. The van der Waals surface area contributed by atoms with E-state index in [1.165, 1.54) is 25.5 Å². The van der Waals surface area contributed by atoms with Crippen molar-refractivity contribution in [1.82, 2.24) is 9.88 Å². The maximum atomic E-state index is 13.4. The maximum absolute atomic E-state index is 13.4. The second-order valence-electron chi connectivity index (χ2n) is 7.64. The van der Waals surface area contributed by atoms with E-state index in [1.807, 2.05) is 6.07 Å². The Kier molecular flexibility index (Phi) is 3.98. The maximum Gasteiger partial charge on any atom is 0.208 e. The molecular formula is C20H21FN2O3S. The van der Waals surface area contributed by atoms with Crippen LogP contribution in [0, 0.1) is 5.82 Å². The van der Waals surface area contributed by atoms with Crippen molar-refractivity contribution in [1.29, 1.82) is 0 Å². The minimum absolute atomic E-state index is 0.112. The van der Waals surface area contributed by atoms with E-state index in [9.17, 15) is 12.8 Å². The minimum Gasteiger partial charge on any atom is -0.492 e. The summed E-state index contributed by atoms with van der Waals surface area (Å²) in [5, 5.41) is 0. The molecule has 5 rings (SSSR count). The number of halogens is 1. The lowest BCUT2D eigenvalue weighted by Crippen LogP contribution is -2.47. The molecule has 2 aliphatic heterocycles. The van der Waals surface area contributed by atoms with Crippen molar-refractivity contribution in [3.05, 3.63) is 48.0 Å². The van der Waals surface area contributed by atoms with E-state index in [-0.39, 0.29) is 9.79 Å². The number of ether oxygens (including phenoxy) is 1. The van der Waals surface area contributed by atoms with Crippen molar-refractivity contribution in [2.24, 2.45) is 0 Å². The molecule has 3 heterocycles. The molecule has 0 N–H and O–H groups in total. The third-order valence-corrected chi connectivity index (χ3v) is 7.95. The van der Waals surface area contributed by atoms with Crippen LogP contribution in [0.15, 0.2) is 46.5 Å². The molecule has 5 nitrogen and oxygen atoms in total. The molecule has 1 saturated carbocycles. The fourth-order valence-electron chi connectivity index (χ4n) is 4.59. The standard InChI is InChI=1S/C20H21FN2O3S/c21-13-8-16(11-22-10-13)27(24,25)15-4-5-18-17-6-7-23(14-2-1-3-14)19(17)12-26-20(18)9-15/h4-5,8-11,14,17,19H,1-3,6-7,12H2. The van der Waals surface area contributed by atoms with Crippen LogP contribution >= 0.6 is 0 Å². The number of likely N-dealkylation sites (tertiary alicyclic amines) is 1. The third-order valence-electron chi connectivity index (χ3n) is 6.23. The smallest absolute Gasteiger partial charge is 0.208 e. The zero-order chi connectivity index (χ0) is 18.6. The van der Waals surface area contributed by atoms with Crippen LogP contribution in [0.1, 0.15) is 37.2 Å². The van der Waals surface area contributed by atoms with Crippen LogP contribution < -0.4 is 4.74 Å². The Labute approximate surface area is 158 Å². The number of fused-ring (bicyclic) bond motifs is 3. The van der Waals surface area contributed by atoms with Gasteiger partial charge in [0.25, 0.3) is 0 Å². The molecule has 142 valence electrons. The van der Waals surface area contributed by atoms with Crippen LogP contribution in [-0.4, -0.2) is 43.5 Å². The monoisotopic (exact) mass is 388 g/mol. The van der Waals surface area contributed by atoms with Crippen LogP contribution in [0.3, 0.4) is 0 Å². The Hall–Kier alpha value is -1.99. The summed E-state index contributed by atoms with van der Waals surface area (Å²) in [6, 6.07) is 7.12. The van der Waals surface area contributed by atoms with Gasteiger partial charge in [-0.2, -0.15) is 0 Å². The number of aromatic nitrogens is 1. The lowest BCUT2D eigenvalue weighted by Gasteiger charge is -2.41. The molecular weight excluding hydrogens is 367 g/mol. The van der Waals surface area contributed by atoms with Crippen molar-refractivity contribution in [2.75, 3.05) is 13.2 Å². The Balaban J connectivity index is 1.46. The van der Waals surface area contributed by atoms with Gasteiger partial charge in [0.15, 0.2) is 0 Å². The number of sulfone groups is 1. The SMILES string of the molecule is O=S(=O)(c1cncc(F)c1)c1ccc2c(c1)OCC1C2CCN1C1CCC1. The lowest BCUT2D eigenvalue weighted by atomic mass is 9.87. The van der Waals surface area contributed by atoms with Crippen molar-refractivity contribution in [3.63, 3.8) is 0 Å². The summed E-state index contributed by atoms with van der Waals surface area (Å²) in [5.74, 6) is 0.356. The highest BCUT2D eigenvalue weighted by Crippen LogP contribution is 2.45. The van der Waals surface area contributed by atoms with Crippen molar-refractivity contribution >= 4 is 9.84 Å². The van der Waals surface area contributed by atoms with E-state index in [2.05, 4.69) is 9.88 Å². The molecule has 0 amide bonds. The Bertz CT molecular complexity index is 990. The topological polar surface area (TPSA) is 59.5 Å². The molecule has 27 heavy (non-hydrogen) atoms. The van der Waals surface area contributed by atoms with Gasteiger partial charge in [-0.05, 0) is 49.6 Å². The van der Waals surface area contributed by atoms with E-state index in [4.69, 9.17) is 4.74 Å². The molecule has 3 aliphatic rings. The second kappa shape index (κ2) is 6.27. The first-order chi connectivity index (χ1) is 13.0. The van der Waals surface area contributed by atoms with Gasteiger partial charge in [0.05, 0.1) is 22.0 Å². The van der Waals surface area contributed by atoms with Gasteiger partial charge in [0, 0.05) is 18.2 Å². The summed E-state index contributed by atoms with van der Waals surface area (Å²) < 4.78 is 45.0. The summed E-state index contributed by atoms with van der Waals surface area (Å²) in [6.45, 7) is 1.68.